The molecule has 0 atom stereocenters. The van der Waals surface area contributed by atoms with Crippen LogP contribution in [0, 0.1) is 0 Å². The zero-order valence-electron chi connectivity index (χ0n) is 5.97. The van der Waals surface area contributed by atoms with Crippen LogP contribution >= 0.6 is 0 Å². The third kappa shape index (κ3) is 7.07. The van der Waals surface area contributed by atoms with E-state index in [4.69, 9.17) is 4.55 Å². The summed E-state index contributed by atoms with van der Waals surface area (Å²) in [5, 5.41) is 0. The van der Waals surface area contributed by atoms with E-state index in [2.05, 4.69) is 8.92 Å². The predicted molar refractivity (Wildman–Crippen MR) is 34.3 cm³/mol. The normalized spacial score (nSPS) is 11.3. The molecule has 11 heavy (non-hydrogen) atoms. The Balaban J connectivity index is 3.91. The van der Waals surface area contributed by atoms with Crippen LogP contribution in [0.2, 0.25) is 0 Å². The van der Waals surface area contributed by atoms with Crippen molar-refractivity contribution in [1.82, 2.24) is 0 Å². The number of carbonyl (C=O) groups is 1. The van der Waals surface area contributed by atoms with Gasteiger partial charge in [-0.1, -0.05) is 0 Å². The molecule has 0 aromatic heterocycles. The van der Waals surface area contributed by atoms with Gasteiger partial charge < -0.3 is 4.74 Å². The molecule has 0 aliphatic heterocycles. The van der Waals surface area contributed by atoms with Crippen LogP contribution in [0.4, 0.5) is 4.79 Å². The van der Waals surface area contributed by atoms with Gasteiger partial charge in [0.05, 0.1) is 6.10 Å². The third-order valence-corrected chi connectivity index (χ3v) is 0.852. The van der Waals surface area contributed by atoms with Crippen LogP contribution in [0.3, 0.4) is 0 Å². The molecule has 0 radical (unpaired) electrons. The van der Waals surface area contributed by atoms with E-state index in [1.54, 1.807) is 0 Å². The molecule has 0 aromatic carbocycles. The van der Waals surface area contributed by atoms with E-state index in [1.165, 1.54) is 13.8 Å². The molecule has 0 aliphatic rings. The molecule has 0 saturated heterocycles. The highest BCUT2D eigenvalue weighted by molar-refractivity contribution is 7.81. The van der Waals surface area contributed by atoms with E-state index in [9.17, 15) is 13.2 Å². The largest absolute Gasteiger partial charge is 0.526 e. The van der Waals surface area contributed by atoms with Crippen molar-refractivity contribution >= 4 is 16.6 Å². The monoisotopic (exact) mass is 184 g/mol. The Hall–Kier alpha value is -0.820. The zero-order valence-corrected chi connectivity index (χ0v) is 6.79. The van der Waals surface area contributed by atoms with Gasteiger partial charge in [-0.2, -0.15) is 8.42 Å². The highest BCUT2D eigenvalue weighted by Crippen LogP contribution is 1.95. The minimum atomic E-state index is -4.74. The minimum Gasteiger partial charge on any atom is -0.431 e. The average molecular weight is 184 g/mol. The van der Waals surface area contributed by atoms with Crippen molar-refractivity contribution in [2.24, 2.45) is 0 Å². The molecule has 0 aliphatic carbocycles. The second kappa shape index (κ2) is 3.54. The lowest BCUT2D eigenvalue weighted by atomic mass is 10.5. The first-order valence-corrected chi connectivity index (χ1v) is 4.05. The SMILES string of the molecule is CC(C)OC(=O)OS(=O)(=O)O. The summed E-state index contributed by atoms with van der Waals surface area (Å²) in [6, 6.07) is 0. The maximum Gasteiger partial charge on any atom is 0.526 e. The van der Waals surface area contributed by atoms with Crippen LogP contribution < -0.4 is 0 Å². The van der Waals surface area contributed by atoms with Gasteiger partial charge in [0.1, 0.15) is 0 Å². The number of carbonyl (C=O) groups excluding carboxylic acids is 1. The summed E-state index contributed by atoms with van der Waals surface area (Å²) < 4.78 is 35.3. The molecule has 0 bridgehead atoms. The Kier molecular flexibility index (Phi) is 3.27. The van der Waals surface area contributed by atoms with Gasteiger partial charge in [0.25, 0.3) is 0 Å². The van der Waals surface area contributed by atoms with Crippen molar-refractivity contribution < 1.29 is 26.7 Å². The predicted octanol–water partition coefficient (Wildman–Crippen LogP) is 0.351. The fraction of sp³-hybridized carbons (Fsp3) is 0.750. The molecule has 0 heterocycles. The van der Waals surface area contributed by atoms with Gasteiger partial charge in [0, 0.05) is 0 Å². The molecule has 0 amide bonds. The summed E-state index contributed by atoms with van der Waals surface area (Å²) in [5.74, 6) is 0. The van der Waals surface area contributed by atoms with Crippen LogP contribution in [0.5, 0.6) is 0 Å². The summed E-state index contributed by atoms with van der Waals surface area (Å²) in [6.45, 7) is 3.01. The summed E-state index contributed by atoms with van der Waals surface area (Å²) in [5.41, 5.74) is 0. The van der Waals surface area contributed by atoms with Crippen molar-refractivity contribution in [2.75, 3.05) is 0 Å². The maximum atomic E-state index is 10.3. The van der Waals surface area contributed by atoms with E-state index in [0.717, 1.165) is 0 Å². The minimum absolute atomic E-state index is 0.496. The number of hydrogen-bond donors (Lipinski definition) is 1. The molecular formula is C4H8O6S. The van der Waals surface area contributed by atoms with E-state index in [1.807, 2.05) is 0 Å². The fourth-order valence-electron chi connectivity index (χ4n) is 0.298. The summed E-state index contributed by atoms with van der Waals surface area (Å²) in [4.78, 5) is 10.3. The molecule has 0 fully saturated rings. The summed E-state index contributed by atoms with van der Waals surface area (Å²) in [7, 11) is -4.74. The lowest BCUT2D eigenvalue weighted by molar-refractivity contribution is 0.0715. The van der Waals surface area contributed by atoms with Crippen molar-refractivity contribution in [2.45, 2.75) is 20.0 Å². The molecule has 7 heteroatoms. The van der Waals surface area contributed by atoms with Crippen molar-refractivity contribution in [3.8, 4) is 0 Å². The Labute approximate surface area is 64.1 Å². The number of hydrogen-bond acceptors (Lipinski definition) is 5. The Morgan fingerprint density at radius 2 is 1.91 bits per heavy atom. The third-order valence-electron chi connectivity index (χ3n) is 0.505. The lowest BCUT2D eigenvalue weighted by Gasteiger charge is -2.04. The van der Waals surface area contributed by atoms with E-state index >= 15 is 0 Å². The van der Waals surface area contributed by atoms with Gasteiger partial charge in [0.15, 0.2) is 0 Å². The van der Waals surface area contributed by atoms with Gasteiger partial charge in [-0.15, -0.1) is 0 Å². The standard InChI is InChI=1S/C4H8O6S/c1-3(2)9-4(5)10-11(6,7)8/h3H,1-2H3,(H,6,7,8). The van der Waals surface area contributed by atoms with Crippen LogP contribution in [0.25, 0.3) is 0 Å². The van der Waals surface area contributed by atoms with E-state index in [0.29, 0.717) is 0 Å². The molecule has 1 N–H and O–H groups in total. The number of ether oxygens (including phenoxy) is 1. The van der Waals surface area contributed by atoms with Crippen LogP contribution in [0.1, 0.15) is 13.8 Å². The number of rotatable bonds is 2. The fourth-order valence-corrected chi connectivity index (χ4v) is 0.509. The first-order valence-electron chi connectivity index (χ1n) is 2.69. The molecule has 66 valence electrons. The summed E-state index contributed by atoms with van der Waals surface area (Å²) >= 11 is 0. The molecule has 0 spiro atoms. The smallest absolute Gasteiger partial charge is 0.431 e. The Morgan fingerprint density at radius 1 is 1.45 bits per heavy atom. The van der Waals surface area contributed by atoms with Gasteiger partial charge in [-0.3, -0.25) is 8.74 Å². The van der Waals surface area contributed by atoms with Crippen LogP contribution in [-0.4, -0.2) is 25.2 Å². The van der Waals surface area contributed by atoms with Crippen molar-refractivity contribution in [1.29, 1.82) is 0 Å². The van der Waals surface area contributed by atoms with Crippen LogP contribution in [-0.2, 0) is 19.3 Å². The molecule has 6 nitrogen and oxygen atoms in total. The molecule has 0 unspecified atom stereocenters. The Bertz CT molecular complexity index is 227. The molecule has 0 saturated carbocycles. The second-order valence-electron chi connectivity index (χ2n) is 1.93. The highest BCUT2D eigenvalue weighted by atomic mass is 32.3. The molecular weight excluding hydrogens is 176 g/mol. The molecule has 0 rings (SSSR count). The maximum absolute atomic E-state index is 10.3. The zero-order chi connectivity index (χ0) is 9.07. The Morgan fingerprint density at radius 3 is 2.18 bits per heavy atom. The lowest BCUT2D eigenvalue weighted by Crippen LogP contribution is -2.16. The van der Waals surface area contributed by atoms with Gasteiger partial charge in [-0.05, 0) is 13.8 Å². The van der Waals surface area contributed by atoms with E-state index in [-0.39, 0.29) is 0 Å². The van der Waals surface area contributed by atoms with Crippen LogP contribution in [0.15, 0.2) is 0 Å². The van der Waals surface area contributed by atoms with Gasteiger partial charge >= 0.3 is 16.6 Å². The first-order chi connectivity index (χ1) is 4.81. The molecule has 0 aromatic rings. The first kappa shape index (κ1) is 10.2. The topological polar surface area (TPSA) is 89.9 Å². The highest BCUT2D eigenvalue weighted by Gasteiger charge is 2.15. The quantitative estimate of drug-likeness (QED) is 0.492. The summed E-state index contributed by atoms with van der Waals surface area (Å²) in [6.07, 6.45) is -1.94. The van der Waals surface area contributed by atoms with Crippen molar-refractivity contribution in [3.05, 3.63) is 0 Å². The van der Waals surface area contributed by atoms with Crippen molar-refractivity contribution in [3.63, 3.8) is 0 Å². The van der Waals surface area contributed by atoms with Gasteiger partial charge in [0.2, 0.25) is 0 Å². The second-order valence-corrected chi connectivity index (χ2v) is 2.95. The average Bonchev–Trinajstić information content (AvgIpc) is 1.53. The van der Waals surface area contributed by atoms with E-state index < -0.39 is 22.7 Å². The van der Waals surface area contributed by atoms with Gasteiger partial charge in [-0.25, -0.2) is 4.79 Å².